The van der Waals surface area contributed by atoms with Crippen molar-refractivity contribution < 1.29 is 14.5 Å². The number of carbonyl (C=O) groups excluding carboxylic acids is 1. The smallest absolute Gasteiger partial charge is 0.283 e. The van der Waals surface area contributed by atoms with Gasteiger partial charge in [-0.25, -0.2) is 4.98 Å². The summed E-state index contributed by atoms with van der Waals surface area (Å²) in [4.78, 5) is 30.4. The zero-order chi connectivity index (χ0) is 18.0. The van der Waals surface area contributed by atoms with Crippen LogP contribution in [-0.4, -0.2) is 36.1 Å². The lowest BCUT2D eigenvalue weighted by atomic mass is 10.3. The predicted molar refractivity (Wildman–Crippen MR) is 98.9 cm³/mol. The number of thiophene rings is 1. The molecule has 7 nitrogen and oxygen atoms in total. The molecule has 0 unspecified atom stereocenters. The lowest BCUT2D eigenvalue weighted by molar-refractivity contribution is -0.385. The maximum Gasteiger partial charge on any atom is 0.283 e. The number of carbonyl (C=O) groups is 1. The lowest BCUT2D eigenvalue weighted by Gasteiger charge is -2.18. The van der Waals surface area contributed by atoms with Crippen LogP contribution in [0, 0.1) is 17.0 Å². The molecule has 0 N–H and O–H groups in total. The standard InChI is InChI=1S/C16H15N3O4S2/c1-10-12(19(21)22)9-14(24-10)15(20)18(7-8-23-2)16-17-11-5-3-4-6-13(11)25-16/h3-6,9H,7-8H2,1-2H3. The monoisotopic (exact) mass is 377 g/mol. The summed E-state index contributed by atoms with van der Waals surface area (Å²) in [6.07, 6.45) is 0. The van der Waals surface area contributed by atoms with Crippen LogP contribution in [0.4, 0.5) is 10.8 Å². The van der Waals surface area contributed by atoms with Gasteiger partial charge < -0.3 is 4.74 Å². The molecule has 3 aromatic rings. The third kappa shape index (κ3) is 3.53. The van der Waals surface area contributed by atoms with Crippen molar-refractivity contribution in [2.45, 2.75) is 6.92 Å². The van der Waals surface area contributed by atoms with E-state index >= 15 is 0 Å². The molecule has 130 valence electrons. The van der Waals surface area contributed by atoms with Crippen LogP contribution in [0.25, 0.3) is 10.2 Å². The van der Waals surface area contributed by atoms with Crippen molar-refractivity contribution in [1.82, 2.24) is 4.98 Å². The van der Waals surface area contributed by atoms with Gasteiger partial charge in [0.05, 0.1) is 38.0 Å². The van der Waals surface area contributed by atoms with E-state index < -0.39 is 4.92 Å². The minimum Gasteiger partial charge on any atom is -0.383 e. The number of para-hydroxylation sites is 1. The molecule has 2 aromatic heterocycles. The second-order valence-corrected chi connectivity index (χ2v) is 7.49. The summed E-state index contributed by atoms with van der Waals surface area (Å²) in [5.74, 6) is -0.308. The summed E-state index contributed by atoms with van der Waals surface area (Å²) in [7, 11) is 1.56. The summed E-state index contributed by atoms with van der Waals surface area (Å²) < 4.78 is 6.07. The first kappa shape index (κ1) is 17.5. The number of nitrogens with zero attached hydrogens (tertiary/aromatic N) is 3. The number of thiazole rings is 1. The largest absolute Gasteiger partial charge is 0.383 e. The number of anilines is 1. The summed E-state index contributed by atoms with van der Waals surface area (Å²) >= 11 is 2.52. The van der Waals surface area contributed by atoms with Gasteiger partial charge in [-0.3, -0.25) is 19.8 Å². The molecule has 3 rings (SSSR count). The molecule has 0 aliphatic heterocycles. The Kier molecular flexibility index (Phi) is 5.07. The highest BCUT2D eigenvalue weighted by Crippen LogP contribution is 2.33. The highest BCUT2D eigenvalue weighted by molar-refractivity contribution is 7.22. The first-order valence-corrected chi connectivity index (χ1v) is 9.05. The molecular formula is C16H15N3O4S2. The number of rotatable bonds is 6. The topological polar surface area (TPSA) is 85.6 Å². The van der Waals surface area contributed by atoms with Crippen molar-refractivity contribution in [3.05, 3.63) is 50.2 Å². The van der Waals surface area contributed by atoms with Gasteiger partial charge in [0.2, 0.25) is 0 Å². The minimum absolute atomic E-state index is 0.0376. The summed E-state index contributed by atoms with van der Waals surface area (Å²) in [6.45, 7) is 2.30. The van der Waals surface area contributed by atoms with Crippen LogP contribution in [0.15, 0.2) is 30.3 Å². The van der Waals surface area contributed by atoms with Crippen LogP contribution in [0.3, 0.4) is 0 Å². The van der Waals surface area contributed by atoms with E-state index in [1.165, 1.54) is 22.3 Å². The first-order chi connectivity index (χ1) is 12.0. The zero-order valence-electron chi connectivity index (χ0n) is 13.6. The van der Waals surface area contributed by atoms with E-state index in [1.807, 2.05) is 24.3 Å². The van der Waals surface area contributed by atoms with E-state index in [0.717, 1.165) is 21.6 Å². The van der Waals surface area contributed by atoms with E-state index in [-0.39, 0.29) is 11.6 Å². The number of aromatic nitrogens is 1. The fourth-order valence-electron chi connectivity index (χ4n) is 2.33. The zero-order valence-corrected chi connectivity index (χ0v) is 15.2. The van der Waals surface area contributed by atoms with E-state index in [4.69, 9.17) is 4.74 Å². The van der Waals surface area contributed by atoms with Gasteiger partial charge in [-0.1, -0.05) is 23.5 Å². The van der Waals surface area contributed by atoms with Gasteiger partial charge in [0.25, 0.3) is 11.6 Å². The number of aryl methyl sites for hydroxylation is 1. The average molecular weight is 377 g/mol. The second-order valence-electron chi connectivity index (χ2n) is 5.22. The van der Waals surface area contributed by atoms with Gasteiger partial charge in [0.15, 0.2) is 5.13 Å². The Morgan fingerprint density at radius 2 is 2.12 bits per heavy atom. The number of hydrogen-bond acceptors (Lipinski definition) is 7. The molecule has 0 atom stereocenters. The number of benzene rings is 1. The Morgan fingerprint density at radius 3 is 2.76 bits per heavy atom. The van der Waals surface area contributed by atoms with Crippen molar-refractivity contribution in [3.8, 4) is 0 Å². The van der Waals surface area contributed by atoms with E-state index in [0.29, 0.717) is 28.0 Å². The number of amides is 1. The van der Waals surface area contributed by atoms with Crippen molar-refractivity contribution in [2.75, 3.05) is 25.2 Å². The Labute approximate surface area is 151 Å². The average Bonchev–Trinajstić information content (AvgIpc) is 3.18. The molecule has 25 heavy (non-hydrogen) atoms. The molecule has 0 aliphatic carbocycles. The van der Waals surface area contributed by atoms with E-state index in [9.17, 15) is 14.9 Å². The fraction of sp³-hybridized carbons (Fsp3) is 0.250. The summed E-state index contributed by atoms with van der Waals surface area (Å²) in [6, 6.07) is 8.95. The Bertz CT molecular complexity index is 902. The first-order valence-electron chi connectivity index (χ1n) is 7.42. The maximum absolute atomic E-state index is 12.9. The van der Waals surface area contributed by atoms with Crippen LogP contribution in [-0.2, 0) is 4.74 Å². The van der Waals surface area contributed by atoms with Gasteiger partial charge in [0, 0.05) is 13.2 Å². The van der Waals surface area contributed by atoms with Gasteiger partial charge >= 0.3 is 0 Å². The number of nitro groups is 1. The van der Waals surface area contributed by atoms with Gasteiger partial charge in [0.1, 0.15) is 0 Å². The Morgan fingerprint density at radius 1 is 1.36 bits per heavy atom. The molecule has 0 aliphatic rings. The fourth-order valence-corrected chi connectivity index (χ4v) is 4.26. The predicted octanol–water partition coefficient (Wildman–Crippen LogP) is 3.87. The molecule has 1 aromatic carbocycles. The number of ether oxygens (including phenoxy) is 1. The quantitative estimate of drug-likeness (QED) is 0.481. The van der Waals surface area contributed by atoms with Crippen LogP contribution in [0.2, 0.25) is 0 Å². The van der Waals surface area contributed by atoms with Crippen LogP contribution >= 0.6 is 22.7 Å². The molecule has 1 amide bonds. The van der Waals surface area contributed by atoms with Crippen molar-refractivity contribution in [2.24, 2.45) is 0 Å². The normalized spacial score (nSPS) is 11.0. The Balaban J connectivity index is 1.98. The molecular weight excluding hydrogens is 362 g/mol. The third-order valence-electron chi connectivity index (χ3n) is 3.58. The number of hydrogen-bond donors (Lipinski definition) is 0. The maximum atomic E-state index is 12.9. The van der Waals surface area contributed by atoms with E-state index in [2.05, 4.69) is 4.98 Å². The number of methoxy groups -OCH3 is 1. The summed E-state index contributed by atoms with van der Waals surface area (Å²) in [5.41, 5.74) is 0.774. The highest BCUT2D eigenvalue weighted by atomic mass is 32.1. The van der Waals surface area contributed by atoms with E-state index in [1.54, 1.807) is 14.0 Å². The third-order valence-corrected chi connectivity index (χ3v) is 5.66. The van der Waals surface area contributed by atoms with Crippen molar-refractivity contribution in [3.63, 3.8) is 0 Å². The molecule has 0 radical (unpaired) electrons. The summed E-state index contributed by atoms with van der Waals surface area (Å²) in [5, 5.41) is 11.6. The molecule has 0 spiro atoms. The highest BCUT2D eigenvalue weighted by Gasteiger charge is 2.26. The lowest BCUT2D eigenvalue weighted by Crippen LogP contribution is -2.33. The van der Waals surface area contributed by atoms with Crippen molar-refractivity contribution in [1.29, 1.82) is 0 Å². The van der Waals surface area contributed by atoms with Crippen molar-refractivity contribution >= 4 is 49.6 Å². The van der Waals surface area contributed by atoms with Crippen LogP contribution in [0.5, 0.6) is 0 Å². The Hall–Kier alpha value is -2.36. The molecule has 0 saturated carbocycles. The molecule has 9 heteroatoms. The molecule has 0 fully saturated rings. The SMILES string of the molecule is COCCN(C(=O)c1cc([N+](=O)[O-])c(C)s1)c1nc2ccccc2s1. The number of fused-ring (bicyclic) bond motifs is 1. The van der Waals surface area contributed by atoms with Gasteiger partial charge in [-0.2, -0.15) is 0 Å². The van der Waals surface area contributed by atoms with Gasteiger partial charge in [-0.05, 0) is 19.1 Å². The van der Waals surface area contributed by atoms with Crippen LogP contribution in [0.1, 0.15) is 14.5 Å². The molecule has 2 heterocycles. The molecule has 0 bridgehead atoms. The van der Waals surface area contributed by atoms with Gasteiger partial charge in [-0.15, -0.1) is 11.3 Å². The van der Waals surface area contributed by atoms with Crippen LogP contribution < -0.4 is 4.90 Å². The minimum atomic E-state index is -0.472. The second kappa shape index (κ2) is 7.26. The molecule has 0 saturated heterocycles.